The number of halogens is 6. The van der Waals surface area contributed by atoms with Crippen molar-refractivity contribution in [3.05, 3.63) is 108 Å². The predicted octanol–water partition coefficient (Wildman–Crippen LogP) is 7.61. The molecule has 0 saturated heterocycles. The molecule has 6 nitrogen and oxygen atoms in total. The second kappa shape index (κ2) is 12.9. The summed E-state index contributed by atoms with van der Waals surface area (Å²) in [6.07, 6.45) is -9.55. The number of carbonyl (C=O) groups is 2. The lowest BCUT2D eigenvalue weighted by Gasteiger charge is -2.15. The number of benzene rings is 4. The van der Waals surface area contributed by atoms with Gasteiger partial charge in [0.05, 0.1) is 6.42 Å². The summed E-state index contributed by atoms with van der Waals surface area (Å²) in [6.45, 7) is -0.0256. The molecule has 4 aromatic carbocycles. The van der Waals surface area contributed by atoms with Gasteiger partial charge in [-0.25, -0.2) is 0 Å². The van der Waals surface area contributed by atoms with Crippen molar-refractivity contribution in [2.45, 2.75) is 25.6 Å². The summed E-state index contributed by atoms with van der Waals surface area (Å²) in [7, 11) is 0. The number of ether oxygens (including phenoxy) is 2. The van der Waals surface area contributed by atoms with E-state index in [4.69, 9.17) is 5.11 Å². The van der Waals surface area contributed by atoms with E-state index in [2.05, 4.69) is 14.8 Å². The smallest absolute Gasteiger partial charge is 0.481 e. The van der Waals surface area contributed by atoms with Crippen LogP contribution in [0.3, 0.4) is 0 Å². The molecule has 0 aliphatic heterocycles. The summed E-state index contributed by atoms with van der Waals surface area (Å²) in [5, 5.41) is 11.3. The molecule has 0 spiro atoms. The third-order valence-corrected chi connectivity index (χ3v) is 6.16. The highest BCUT2D eigenvalue weighted by molar-refractivity contribution is 5.94. The quantitative estimate of drug-likeness (QED) is 0.182. The number of aliphatic carboxylic acids is 1. The van der Waals surface area contributed by atoms with Gasteiger partial charge in [0.25, 0.3) is 5.91 Å². The number of carboxylic acid groups (broad SMARTS) is 1. The van der Waals surface area contributed by atoms with Crippen LogP contribution >= 0.6 is 0 Å². The first-order chi connectivity index (χ1) is 20.3. The second-order valence-electron chi connectivity index (χ2n) is 9.29. The molecule has 0 bridgehead atoms. The molecule has 0 aromatic heterocycles. The number of nitrogens with one attached hydrogen (secondary N) is 1. The summed E-state index contributed by atoms with van der Waals surface area (Å²) >= 11 is 0. The maximum Gasteiger partial charge on any atom is 0.573 e. The minimum atomic E-state index is -4.84. The normalized spacial score (nSPS) is 11.6. The van der Waals surface area contributed by atoms with Crippen molar-refractivity contribution in [1.29, 1.82) is 0 Å². The van der Waals surface area contributed by atoms with Crippen LogP contribution in [0.4, 0.5) is 26.3 Å². The van der Waals surface area contributed by atoms with Crippen molar-refractivity contribution in [2.75, 3.05) is 6.54 Å². The fourth-order valence-electron chi connectivity index (χ4n) is 4.27. The van der Waals surface area contributed by atoms with Gasteiger partial charge in [-0.1, -0.05) is 54.6 Å². The maximum atomic E-state index is 12.6. The molecular formula is C31H23F6NO5. The van der Waals surface area contributed by atoms with Crippen LogP contribution < -0.4 is 14.8 Å². The summed E-state index contributed by atoms with van der Waals surface area (Å²) < 4.78 is 83.4. The van der Waals surface area contributed by atoms with E-state index in [1.54, 1.807) is 36.4 Å². The Hall–Kier alpha value is -5.00. The Morgan fingerprint density at radius 3 is 1.70 bits per heavy atom. The lowest BCUT2D eigenvalue weighted by Crippen LogP contribution is -2.25. The average Bonchev–Trinajstić information content (AvgIpc) is 2.92. The number of hydrogen-bond donors (Lipinski definition) is 2. The van der Waals surface area contributed by atoms with E-state index in [1.165, 1.54) is 48.5 Å². The van der Waals surface area contributed by atoms with Crippen molar-refractivity contribution in [3.63, 3.8) is 0 Å². The van der Waals surface area contributed by atoms with E-state index in [1.807, 2.05) is 6.07 Å². The lowest BCUT2D eigenvalue weighted by atomic mass is 9.91. The number of rotatable bonds is 10. The van der Waals surface area contributed by atoms with Crippen LogP contribution in [0.15, 0.2) is 91.0 Å². The van der Waals surface area contributed by atoms with E-state index in [9.17, 15) is 35.9 Å². The highest BCUT2D eigenvalue weighted by Crippen LogP contribution is 2.34. The first kappa shape index (κ1) is 30.9. The summed E-state index contributed by atoms with van der Waals surface area (Å²) in [5.74, 6) is -2.23. The molecule has 0 unspecified atom stereocenters. The van der Waals surface area contributed by atoms with Gasteiger partial charge >= 0.3 is 18.7 Å². The lowest BCUT2D eigenvalue weighted by molar-refractivity contribution is -0.275. The number of alkyl halides is 6. The number of carboxylic acids is 1. The van der Waals surface area contributed by atoms with Gasteiger partial charge in [0, 0.05) is 12.1 Å². The van der Waals surface area contributed by atoms with Crippen molar-refractivity contribution in [2.24, 2.45) is 0 Å². The van der Waals surface area contributed by atoms with E-state index >= 15 is 0 Å². The Labute approximate surface area is 241 Å². The largest absolute Gasteiger partial charge is 0.573 e. The predicted molar refractivity (Wildman–Crippen MR) is 145 cm³/mol. The van der Waals surface area contributed by atoms with Crippen molar-refractivity contribution >= 4 is 11.9 Å². The Bertz CT molecular complexity index is 1570. The van der Waals surface area contributed by atoms with Gasteiger partial charge in [0.15, 0.2) is 0 Å². The minimum Gasteiger partial charge on any atom is -0.481 e. The summed E-state index contributed by atoms with van der Waals surface area (Å²) in [6, 6.07) is 22.6. The topological polar surface area (TPSA) is 84.9 Å². The molecule has 0 fully saturated rings. The van der Waals surface area contributed by atoms with Crippen LogP contribution in [-0.2, 0) is 11.2 Å². The van der Waals surface area contributed by atoms with E-state index < -0.39 is 24.6 Å². The first-order valence-electron chi connectivity index (χ1n) is 12.7. The zero-order valence-electron chi connectivity index (χ0n) is 22.1. The van der Waals surface area contributed by atoms with E-state index in [0.717, 1.165) is 11.1 Å². The van der Waals surface area contributed by atoms with Gasteiger partial charge in [-0.15, -0.1) is 26.3 Å². The molecule has 2 N–H and O–H groups in total. The summed E-state index contributed by atoms with van der Waals surface area (Å²) in [5.41, 5.74) is 4.41. The number of amides is 1. The van der Waals surface area contributed by atoms with Crippen molar-refractivity contribution in [3.8, 4) is 33.8 Å². The van der Waals surface area contributed by atoms with Crippen molar-refractivity contribution in [1.82, 2.24) is 5.32 Å². The fourth-order valence-corrected chi connectivity index (χ4v) is 4.27. The van der Waals surface area contributed by atoms with E-state index in [0.29, 0.717) is 34.2 Å². The molecule has 0 aliphatic carbocycles. The van der Waals surface area contributed by atoms with Crippen LogP contribution in [0.5, 0.6) is 11.5 Å². The Balaban J connectivity index is 1.63. The third kappa shape index (κ3) is 9.25. The molecule has 1 amide bonds. The Morgan fingerprint density at radius 1 is 0.674 bits per heavy atom. The molecule has 0 atom stereocenters. The molecular weight excluding hydrogens is 580 g/mol. The zero-order chi connectivity index (χ0) is 31.2. The SMILES string of the molecule is O=C(O)CCNC(=O)c1ccc(Cc2cc(-c3ccc(OC(F)(F)F)cc3)ccc2-c2ccc(OC(F)(F)F)cc2)cc1. The molecule has 0 saturated carbocycles. The average molecular weight is 604 g/mol. The van der Waals surface area contributed by atoms with Gasteiger partial charge in [0.1, 0.15) is 11.5 Å². The van der Waals surface area contributed by atoms with Crippen LogP contribution in [0, 0.1) is 0 Å². The van der Waals surface area contributed by atoms with Gasteiger partial charge in [-0.2, -0.15) is 0 Å². The van der Waals surface area contributed by atoms with Gasteiger partial charge in [-0.3, -0.25) is 9.59 Å². The van der Waals surface area contributed by atoms with Crippen LogP contribution in [0.25, 0.3) is 22.3 Å². The van der Waals surface area contributed by atoms with Gasteiger partial charge < -0.3 is 19.9 Å². The monoisotopic (exact) mass is 603 g/mol. The Kier molecular flexibility index (Phi) is 9.27. The van der Waals surface area contributed by atoms with Crippen LogP contribution in [-0.4, -0.2) is 36.3 Å². The molecule has 0 aliphatic rings. The molecule has 0 heterocycles. The van der Waals surface area contributed by atoms with E-state index in [-0.39, 0.29) is 24.5 Å². The second-order valence-corrected chi connectivity index (χ2v) is 9.29. The third-order valence-electron chi connectivity index (χ3n) is 6.16. The molecule has 43 heavy (non-hydrogen) atoms. The minimum absolute atomic E-state index is 0.0256. The highest BCUT2D eigenvalue weighted by Gasteiger charge is 2.31. The van der Waals surface area contributed by atoms with Gasteiger partial charge in [0.2, 0.25) is 0 Å². The molecule has 0 radical (unpaired) electrons. The molecule has 12 heteroatoms. The first-order valence-corrected chi connectivity index (χ1v) is 12.7. The number of hydrogen-bond acceptors (Lipinski definition) is 4. The Morgan fingerprint density at radius 2 is 1.19 bits per heavy atom. The molecule has 4 rings (SSSR count). The molecule has 4 aromatic rings. The van der Waals surface area contributed by atoms with Crippen molar-refractivity contribution < 1.29 is 50.5 Å². The fraction of sp³-hybridized carbons (Fsp3) is 0.161. The standard InChI is InChI=1S/C31H23F6NO5/c32-30(33,34)42-25-10-5-20(6-11-25)23-9-14-27(21-7-12-26(13-8-21)43-31(35,36)37)24(18-23)17-19-1-3-22(4-2-19)29(41)38-16-15-28(39)40/h1-14,18H,15-17H2,(H,38,41)(H,39,40). The number of carbonyl (C=O) groups excluding carboxylic acids is 1. The molecule has 224 valence electrons. The van der Waals surface area contributed by atoms with Crippen LogP contribution in [0.1, 0.15) is 27.9 Å². The maximum absolute atomic E-state index is 12.6. The highest BCUT2D eigenvalue weighted by atomic mass is 19.4. The van der Waals surface area contributed by atoms with Gasteiger partial charge in [-0.05, 0) is 76.2 Å². The zero-order valence-corrected chi connectivity index (χ0v) is 22.1. The van der Waals surface area contributed by atoms with Crippen LogP contribution in [0.2, 0.25) is 0 Å². The summed E-state index contributed by atoms with van der Waals surface area (Å²) in [4.78, 5) is 23.0.